The van der Waals surface area contributed by atoms with Crippen molar-refractivity contribution in [2.75, 3.05) is 14.2 Å². The molecule has 0 spiro atoms. The number of hydrogen-bond donors (Lipinski definition) is 1. The van der Waals surface area contributed by atoms with Gasteiger partial charge in [0.05, 0.1) is 38.2 Å². The minimum atomic E-state index is -0.417. The largest absolute Gasteiger partial charge is 0.493 e. The molecule has 0 saturated carbocycles. The molecule has 0 bridgehead atoms. The predicted octanol–water partition coefficient (Wildman–Crippen LogP) is 3.81. The monoisotopic (exact) mass is 430 g/mol. The molecule has 0 aliphatic heterocycles. The van der Waals surface area contributed by atoms with Gasteiger partial charge in [-0.05, 0) is 42.8 Å². The van der Waals surface area contributed by atoms with Crippen LogP contribution in [0.2, 0.25) is 5.15 Å². The first-order valence-electron chi connectivity index (χ1n) is 8.95. The Morgan fingerprint density at radius 1 is 1.20 bits per heavy atom. The summed E-state index contributed by atoms with van der Waals surface area (Å²) in [5.41, 5.74) is 4.89. The van der Waals surface area contributed by atoms with Gasteiger partial charge < -0.3 is 9.47 Å². The number of amides is 1. The van der Waals surface area contributed by atoms with Crippen LogP contribution in [0.5, 0.6) is 11.5 Å². The summed E-state index contributed by atoms with van der Waals surface area (Å²) in [5.74, 6) is 0.239. The maximum atomic E-state index is 13.1. The van der Waals surface area contributed by atoms with Crippen molar-refractivity contribution < 1.29 is 18.7 Å². The van der Waals surface area contributed by atoms with Gasteiger partial charge in [-0.1, -0.05) is 23.7 Å². The van der Waals surface area contributed by atoms with Crippen molar-refractivity contribution in [1.29, 1.82) is 0 Å². The third-order valence-electron chi connectivity index (χ3n) is 4.36. The summed E-state index contributed by atoms with van der Waals surface area (Å²) in [6.45, 7) is 2.16. The molecule has 3 aromatic rings. The Balaban J connectivity index is 1.71. The van der Waals surface area contributed by atoms with Gasteiger partial charge in [0, 0.05) is 5.56 Å². The molecule has 156 valence electrons. The molecular formula is C21H20ClFN4O3. The predicted molar refractivity (Wildman–Crippen MR) is 112 cm³/mol. The van der Waals surface area contributed by atoms with Crippen LogP contribution in [-0.4, -0.2) is 36.1 Å². The maximum absolute atomic E-state index is 13.1. The standard InChI is InChI=1S/C21H20ClFN4O3/c1-13-17(20(22)27(26-13)12-14-4-7-16(23)8-5-14)11-24-25-21(28)15-6-9-18(29-2)19(10-15)30-3/h4-11H,12H2,1-3H3,(H,25,28). The summed E-state index contributed by atoms with van der Waals surface area (Å²) in [6, 6.07) is 10.9. The van der Waals surface area contributed by atoms with Crippen molar-refractivity contribution in [1.82, 2.24) is 15.2 Å². The zero-order chi connectivity index (χ0) is 21.7. The van der Waals surface area contributed by atoms with E-state index in [-0.39, 0.29) is 5.82 Å². The Morgan fingerprint density at radius 3 is 2.57 bits per heavy atom. The highest BCUT2D eigenvalue weighted by Gasteiger charge is 2.13. The molecule has 0 radical (unpaired) electrons. The molecule has 1 heterocycles. The van der Waals surface area contributed by atoms with E-state index in [2.05, 4.69) is 15.6 Å². The zero-order valence-corrected chi connectivity index (χ0v) is 17.4. The normalized spacial score (nSPS) is 11.0. The highest BCUT2D eigenvalue weighted by molar-refractivity contribution is 6.32. The van der Waals surface area contributed by atoms with E-state index in [4.69, 9.17) is 21.1 Å². The third-order valence-corrected chi connectivity index (χ3v) is 4.76. The van der Waals surface area contributed by atoms with Crippen LogP contribution in [-0.2, 0) is 6.54 Å². The molecule has 1 aromatic heterocycles. The lowest BCUT2D eigenvalue weighted by Gasteiger charge is -2.08. The molecule has 1 amide bonds. The van der Waals surface area contributed by atoms with Gasteiger partial charge in [0.2, 0.25) is 0 Å². The number of carbonyl (C=O) groups excluding carboxylic acids is 1. The smallest absolute Gasteiger partial charge is 0.271 e. The summed E-state index contributed by atoms with van der Waals surface area (Å²) in [6.07, 6.45) is 1.44. The Morgan fingerprint density at radius 2 is 1.90 bits per heavy atom. The number of benzene rings is 2. The molecule has 2 aromatic carbocycles. The third kappa shape index (κ3) is 4.77. The van der Waals surface area contributed by atoms with Crippen molar-refractivity contribution in [2.24, 2.45) is 5.10 Å². The lowest BCUT2D eigenvalue weighted by Crippen LogP contribution is -2.17. The molecule has 0 fully saturated rings. The van der Waals surface area contributed by atoms with E-state index in [1.807, 2.05) is 0 Å². The van der Waals surface area contributed by atoms with Crippen LogP contribution < -0.4 is 14.9 Å². The second kappa shape index (κ2) is 9.41. The van der Waals surface area contributed by atoms with Gasteiger partial charge in [-0.2, -0.15) is 10.2 Å². The van der Waals surface area contributed by atoms with Crippen LogP contribution in [0.3, 0.4) is 0 Å². The fraction of sp³-hybridized carbons (Fsp3) is 0.190. The van der Waals surface area contributed by atoms with Crippen LogP contribution in [0, 0.1) is 12.7 Å². The fourth-order valence-corrected chi connectivity index (χ4v) is 3.06. The SMILES string of the molecule is COc1ccc(C(=O)NN=Cc2c(C)nn(Cc3ccc(F)cc3)c2Cl)cc1OC. The van der Waals surface area contributed by atoms with Gasteiger partial charge in [-0.3, -0.25) is 4.79 Å². The van der Waals surface area contributed by atoms with Crippen LogP contribution in [0.4, 0.5) is 4.39 Å². The van der Waals surface area contributed by atoms with Gasteiger partial charge in [0.25, 0.3) is 5.91 Å². The van der Waals surface area contributed by atoms with E-state index in [1.165, 1.54) is 32.6 Å². The minimum Gasteiger partial charge on any atom is -0.493 e. The van der Waals surface area contributed by atoms with Gasteiger partial charge in [-0.15, -0.1) is 0 Å². The number of hydrogen-bond acceptors (Lipinski definition) is 5. The van der Waals surface area contributed by atoms with Crippen molar-refractivity contribution in [3.63, 3.8) is 0 Å². The maximum Gasteiger partial charge on any atom is 0.271 e. The summed E-state index contributed by atoms with van der Waals surface area (Å²) >= 11 is 6.41. The highest BCUT2D eigenvalue weighted by Crippen LogP contribution is 2.27. The molecule has 1 N–H and O–H groups in total. The van der Waals surface area contributed by atoms with Crippen LogP contribution in [0.25, 0.3) is 0 Å². The van der Waals surface area contributed by atoms with Gasteiger partial charge in [0.15, 0.2) is 11.5 Å². The first kappa shape index (κ1) is 21.3. The number of nitrogens with zero attached hydrogens (tertiary/aromatic N) is 3. The number of aromatic nitrogens is 2. The number of halogens is 2. The zero-order valence-electron chi connectivity index (χ0n) is 16.6. The molecule has 0 saturated heterocycles. The number of rotatable bonds is 7. The lowest BCUT2D eigenvalue weighted by molar-refractivity contribution is 0.0954. The van der Waals surface area contributed by atoms with E-state index in [0.717, 1.165) is 5.56 Å². The first-order chi connectivity index (χ1) is 14.4. The number of hydrazone groups is 1. The molecule has 3 rings (SSSR count). The Bertz CT molecular complexity index is 1080. The summed E-state index contributed by atoms with van der Waals surface area (Å²) < 4.78 is 25.0. The lowest BCUT2D eigenvalue weighted by atomic mass is 10.2. The Hall–Kier alpha value is -3.39. The van der Waals surface area contributed by atoms with Gasteiger partial charge >= 0.3 is 0 Å². The molecule has 0 aliphatic carbocycles. The summed E-state index contributed by atoms with van der Waals surface area (Å²) in [7, 11) is 3.01. The Labute approximate surface area is 178 Å². The number of ether oxygens (including phenoxy) is 2. The fourth-order valence-electron chi connectivity index (χ4n) is 2.78. The van der Waals surface area contributed by atoms with Gasteiger partial charge in [0.1, 0.15) is 11.0 Å². The summed E-state index contributed by atoms with van der Waals surface area (Å²) in [5, 5.41) is 8.73. The van der Waals surface area contributed by atoms with Crippen LogP contribution >= 0.6 is 11.6 Å². The molecule has 30 heavy (non-hydrogen) atoms. The number of aryl methyl sites for hydroxylation is 1. The van der Waals surface area contributed by atoms with Crippen molar-refractivity contribution in [3.05, 3.63) is 75.8 Å². The van der Waals surface area contributed by atoms with Crippen molar-refractivity contribution >= 4 is 23.7 Å². The summed E-state index contributed by atoms with van der Waals surface area (Å²) in [4.78, 5) is 12.3. The average Bonchev–Trinajstić information content (AvgIpc) is 3.02. The van der Waals surface area contributed by atoms with Crippen LogP contribution in [0.1, 0.15) is 27.2 Å². The quantitative estimate of drug-likeness (QED) is 0.456. The molecule has 0 aliphatic rings. The Kier molecular flexibility index (Phi) is 6.68. The number of nitrogens with one attached hydrogen (secondary N) is 1. The topological polar surface area (TPSA) is 77.7 Å². The van der Waals surface area contributed by atoms with E-state index in [0.29, 0.717) is 40.0 Å². The molecule has 9 heteroatoms. The van der Waals surface area contributed by atoms with Crippen molar-refractivity contribution in [3.8, 4) is 11.5 Å². The first-order valence-corrected chi connectivity index (χ1v) is 9.33. The van der Waals surface area contributed by atoms with Gasteiger partial charge in [-0.25, -0.2) is 14.5 Å². The molecule has 7 nitrogen and oxygen atoms in total. The highest BCUT2D eigenvalue weighted by atomic mass is 35.5. The number of carbonyl (C=O) groups is 1. The molecule has 0 unspecified atom stereocenters. The average molecular weight is 431 g/mol. The van der Waals surface area contributed by atoms with Crippen molar-refractivity contribution in [2.45, 2.75) is 13.5 Å². The second-order valence-corrected chi connectivity index (χ2v) is 6.70. The minimum absolute atomic E-state index is 0.306. The van der Waals surface area contributed by atoms with E-state index in [1.54, 1.807) is 41.9 Å². The molecule has 0 atom stereocenters. The molecular weight excluding hydrogens is 411 g/mol. The van der Waals surface area contributed by atoms with Crippen LogP contribution in [0.15, 0.2) is 47.6 Å². The second-order valence-electron chi connectivity index (χ2n) is 6.34. The van der Waals surface area contributed by atoms with E-state index >= 15 is 0 Å². The van der Waals surface area contributed by atoms with E-state index in [9.17, 15) is 9.18 Å². The number of methoxy groups -OCH3 is 2. The van der Waals surface area contributed by atoms with E-state index < -0.39 is 5.91 Å².